The Bertz CT molecular complexity index is 147. The Kier molecular flexibility index (Phi) is 2.67. The quantitative estimate of drug-likeness (QED) is 0.502. The minimum atomic E-state index is 0.261. The number of allylic oxidation sites excluding steroid dienone is 2. The van der Waals surface area contributed by atoms with Crippen molar-refractivity contribution < 1.29 is 4.79 Å². The van der Waals surface area contributed by atoms with E-state index < -0.39 is 0 Å². The summed E-state index contributed by atoms with van der Waals surface area (Å²) in [4.78, 5) is 11.1. The van der Waals surface area contributed by atoms with Crippen LogP contribution in [0, 0.1) is 5.92 Å². The van der Waals surface area contributed by atoms with Crippen molar-refractivity contribution in [2.75, 3.05) is 0 Å². The SMILES string of the molecule is CC1CCCC/C=C\C1=O. The van der Waals surface area contributed by atoms with E-state index in [0.29, 0.717) is 5.78 Å². The molecular formula is C9H14O. The lowest BCUT2D eigenvalue weighted by Gasteiger charge is -2.08. The monoisotopic (exact) mass is 138 g/mol. The third kappa shape index (κ3) is 1.98. The topological polar surface area (TPSA) is 17.1 Å². The third-order valence-corrected chi connectivity index (χ3v) is 2.03. The second kappa shape index (κ2) is 3.55. The molecule has 0 radical (unpaired) electrons. The first-order chi connectivity index (χ1) is 4.80. The molecule has 0 N–H and O–H groups in total. The van der Waals surface area contributed by atoms with Crippen molar-refractivity contribution in [3.8, 4) is 0 Å². The maximum Gasteiger partial charge on any atom is 0.158 e. The summed E-state index contributed by atoms with van der Waals surface area (Å²) in [7, 11) is 0. The Morgan fingerprint density at radius 1 is 1.50 bits per heavy atom. The summed E-state index contributed by atoms with van der Waals surface area (Å²) in [5.41, 5.74) is 0. The molecule has 56 valence electrons. The first-order valence-corrected chi connectivity index (χ1v) is 4.01. The molecule has 0 fully saturated rings. The van der Waals surface area contributed by atoms with Crippen LogP contribution in [0.15, 0.2) is 12.2 Å². The van der Waals surface area contributed by atoms with Gasteiger partial charge < -0.3 is 0 Å². The molecule has 0 bridgehead atoms. The van der Waals surface area contributed by atoms with Crippen LogP contribution in [0.1, 0.15) is 32.6 Å². The fourth-order valence-corrected chi connectivity index (χ4v) is 1.22. The van der Waals surface area contributed by atoms with Crippen molar-refractivity contribution in [1.29, 1.82) is 0 Å². The van der Waals surface area contributed by atoms with Gasteiger partial charge in [0, 0.05) is 5.92 Å². The highest BCUT2D eigenvalue weighted by atomic mass is 16.1. The largest absolute Gasteiger partial charge is 0.295 e. The Labute approximate surface area is 62.1 Å². The van der Waals surface area contributed by atoms with E-state index in [-0.39, 0.29) is 5.92 Å². The highest BCUT2D eigenvalue weighted by Crippen LogP contribution is 2.14. The van der Waals surface area contributed by atoms with Crippen LogP contribution in [-0.4, -0.2) is 5.78 Å². The summed E-state index contributed by atoms with van der Waals surface area (Å²) < 4.78 is 0. The van der Waals surface area contributed by atoms with Gasteiger partial charge in [0.15, 0.2) is 5.78 Å². The average molecular weight is 138 g/mol. The summed E-state index contributed by atoms with van der Waals surface area (Å²) in [6.45, 7) is 2.01. The van der Waals surface area contributed by atoms with Crippen LogP contribution in [0.5, 0.6) is 0 Å². The number of hydrogen-bond acceptors (Lipinski definition) is 1. The molecule has 1 aliphatic rings. The maximum absolute atomic E-state index is 11.1. The van der Waals surface area contributed by atoms with Crippen molar-refractivity contribution in [2.45, 2.75) is 32.6 Å². The van der Waals surface area contributed by atoms with Crippen LogP contribution < -0.4 is 0 Å². The number of ketones is 1. The van der Waals surface area contributed by atoms with Gasteiger partial charge in [-0.25, -0.2) is 0 Å². The number of carbonyl (C=O) groups excluding carboxylic acids is 1. The summed E-state index contributed by atoms with van der Waals surface area (Å²) in [6.07, 6.45) is 8.34. The van der Waals surface area contributed by atoms with Gasteiger partial charge in [-0.1, -0.05) is 19.4 Å². The molecule has 0 spiro atoms. The summed E-state index contributed by atoms with van der Waals surface area (Å²) >= 11 is 0. The molecule has 0 aromatic rings. The lowest BCUT2D eigenvalue weighted by atomic mass is 9.96. The second-order valence-electron chi connectivity index (χ2n) is 2.99. The van der Waals surface area contributed by atoms with Crippen molar-refractivity contribution in [2.24, 2.45) is 5.92 Å². The van der Waals surface area contributed by atoms with Gasteiger partial charge in [0.05, 0.1) is 0 Å². The van der Waals surface area contributed by atoms with E-state index in [1.807, 2.05) is 13.0 Å². The Hall–Kier alpha value is -0.590. The van der Waals surface area contributed by atoms with E-state index in [9.17, 15) is 4.79 Å². The summed E-state index contributed by atoms with van der Waals surface area (Å²) in [6, 6.07) is 0. The lowest BCUT2D eigenvalue weighted by Crippen LogP contribution is -2.08. The highest BCUT2D eigenvalue weighted by Gasteiger charge is 2.10. The van der Waals surface area contributed by atoms with Crippen molar-refractivity contribution >= 4 is 5.78 Å². The van der Waals surface area contributed by atoms with Crippen molar-refractivity contribution in [3.63, 3.8) is 0 Å². The van der Waals surface area contributed by atoms with Crippen molar-refractivity contribution in [1.82, 2.24) is 0 Å². The van der Waals surface area contributed by atoms with Gasteiger partial charge in [-0.05, 0) is 25.3 Å². The fraction of sp³-hybridized carbons (Fsp3) is 0.667. The molecule has 1 unspecified atom stereocenters. The zero-order valence-electron chi connectivity index (χ0n) is 6.47. The third-order valence-electron chi connectivity index (χ3n) is 2.03. The fourth-order valence-electron chi connectivity index (χ4n) is 1.22. The van der Waals surface area contributed by atoms with E-state index in [4.69, 9.17) is 0 Å². The number of carbonyl (C=O) groups is 1. The normalized spacial score (nSPS) is 30.9. The molecule has 1 rings (SSSR count). The van der Waals surface area contributed by atoms with Crippen molar-refractivity contribution in [3.05, 3.63) is 12.2 Å². The van der Waals surface area contributed by atoms with Crippen LogP contribution in [0.3, 0.4) is 0 Å². The molecule has 0 aromatic carbocycles. The highest BCUT2D eigenvalue weighted by molar-refractivity contribution is 5.91. The first-order valence-electron chi connectivity index (χ1n) is 4.01. The summed E-state index contributed by atoms with van der Waals surface area (Å²) in [5.74, 6) is 0.566. The standard InChI is InChI=1S/C9H14O/c1-8-6-4-2-3-5-7-9(8)10/h5,7-8H,2-4,6H2,1H3/b7-5-. The molecule has 0 aromatic heterocycles. The first kappa shape index (κ1) is 7.52. The Morgan fingerprint density at radius 2 is 2.30 bits per heavy atom. The van der Waals surface area contributed by atoms with Gasteiger partial charge in [-0.15, -0.1) is 0 Å². The average Bonchev–Trinajstić information content (AvgIpc) is 1.92. The molecule has 0 amide bonds. The van der Waals surface area contributed by atoms with Crippen LogP contribution in [0.4, 0.5) is 0 Å². The van der Waals surface area contributed by atoms with Gasteiger partial charge >= 0.3 is 0 Å². The molecule has 0 heterocycles. The van der Waals surface area contributed by atoms with Gasteiger partial charge in [0.25, 0.3) is 0 Å². The molecule has 1 atom stereocenters. The maximum atomic E-state index is 11.1. The molecule has 1 aliphatic carbocycles. The predicted molar refractivity (Wildman–Crippen MR) is 41.8 cm³/mol. The van der Waals surface area contributed by atoms with Gasteiger partial charge in [0.1, 0.15) is 0 Å². The van der Waals surface area contributed by atoms with E-state index in [0.717, 1.165) is 12.8 Å². The number of rotatable bonds is 0. The zero-order chi connectivity index (χ0) is 7.40. The predicted octanol–water partition coefficient (Wildman–Crippen LogP) is 2.32. The van der Waals surface area contributed by atoms with Crippen LogP contribution in [0.2, 0.25) is 0 Å². The van der Waals surface area contributed by atoms with E-state index >= 15 is 0 Å². The second-order valence-corrected chi connectivity index (χ2v) is 2.99. The van der Waals surface area contributed by atoms with Gasteiger partial charge in [0.2, 0.25) is 0 Å². The molecule has 0 aliphatic heterocycles. The van der Waals surface area contributed by atoms with Crippen LogP contribution in [0.25, 0.3) is 0 Å². The minimum absolute atomic E-state index is 0.261. The number of hydrogen-bond donors (Lipinski definition) is 0. The molecule has 1 heteroatoms. The van der Waals surface area contributed by atoms with Gasteiger partial charge in [-0.2, -0.15) is 0 Å². The lowest BCUT2D eigenvalue weighted by molar-refractivity contribution is -0.118. The molecular weight excluding hydrogens is 124 g/mol. The van der Waals surface area contributed by atoms with E-state index in [2.05, 4.69) is 0 Å². The Morgan fingerprint density at radius 3 is 3.10 bits per heavy atom. The summed E-state index contributed by atoms with van der Waals surface area (Å²) in [5, 5.41) is 0. The molecule has 0 saturated carbocycles. The zero-order valence-corrected chi connectivity index (χ0v) is 6.47. The van der Waals surface area contributed by atoms with Crippen LogP contribution in [-0.2, 0) is 4.79 Å². The molecule has 1 nitrogen and oxygen atoms in total. The Balaban J connectivity index is 2.53. The van der Waals surface area contributed by atoms with Gasteiger partial charge in [-0.3, -0.25) is 4.79 Å². The molecule has 0 saturated heterocycles. The van der Waals surface area contributed by atoms with E-state index in [1.165, 1.54) is 12.8 Å². The van der Waals surface area contributed by atoms with E-state index in [1.54, 1.807) is 6.08 Å². The smallest absolute Gasteiger partial charge is 0.158 e. The molecule has 10 heavy (non-hydrogen) atoms. The minimum Gasteiger partial charge on any atom is -0.295 e. The van der Waals surface area contributed by atoms with Crippen LogP contribution >= 0.6 is 0 Å².